The van der Waals surface area contributed by atoms with Crippen LogP contribution < -0.4 is 9.64 Å². The predicted molar refractivity (Wildman–Crippen MR) is 106 cm³/mol. The quantitative estimate of drug-likeness (QED) is 0.818. The topological polar surface area (TPSA) is 15.7 Å². The number of likely N-dealkylation sites (N-methyl/N-ethyl adjacent to an activating group) is 1. The van der Waals surface area contributed by atoms with Gasteiger partial charge in [-0.15, -0.1) is 12.4 Å². The highest BCUT2D eigenvalue weighted by Crippen LogP contribution is 2.52. The highest BCUT2D eigenvalue weighted by molar-refractivity contribution is 5.85. The molecule has 0 N–H and O–H groups in total. The third-order valence-electron chi connectivity index (χ3n) is 5.93. The first-order valence-electron chi connectivity index (χ1n) is 8.83. The molecule has 1 saturated heterocycles. The minimum atomic E-state index is 0. The van der Waals surface area contributed by atoms with Crippen LogP contribution in [0.15, 0.2) is 48.5 Å². The van der Waals surface area contributed by atoms with Gasteiger partial charge in [-0.05, 0) is 42.2 Å². The van der Waals surface area contributed by atoms with Gasteiger partial charge in [0.2, 0.25) is 0 Å². The molecule has 0 bridgehead atoms. The molecule has 25 heavy (non-hydrogen) atoms. The first-order valence-corrected chi connectivity index (χ1v) is 8.83. The van der Waals surface area contributed by atoms with Crippen molar-refractivity contribution in [1.82, 2.24) is 4.90 Å². The van der Waals surface area contributed by atoms with Gasteiger partial charge in [-0.2, -0.15) is 0 Å². The lowest BCUT2D eigenvalue weighted by Gasteiger charge is -2.34. The van der Waals surface area contributed by atoms with E-state index in [0.29, 0.717) is 6.17 Å². The van der Waals surface area contributed by atoms with Crippen LogP contribution in [0.5, 0.6) is 5.75 Å². The minimum absolute atomic E-state index is 0. The zero-order valence-electron chi connectivity index (χ0n) is 15.2. The summed E-state index contributed by atoms with van der Waals surface area (Å²) < 4.78 is 5.47. The van der Waals surface area contributed by atoms with Gasteiger partial charge in [-0.3, -0.25) is 4.90 Å². The van der Waals surface area contributed by atoms with E-state index in [1.807, 2.05) is 0 Å². The van der Waals surface area contributed by atoms with Crippen LogP contribution in [0.1, 0.15) is 24.5 Å². The van der Waals surface area contributed by atoms with Crippen LogP contribution in [-0.4, -0.2) is 38.3 Å². The molecule has 134 valence electrons. The molecule has 2 aliphatic heterocycles. The molecule has 4 heteroatoms. The third kappa shape index (κ3) is 2.90. The first kappa shape index (κ1) is 18.1. The van der Waals surface area contributed by atoms with Crippen LogP contribution in [-0.2, 0) is 11.8 Å². The molecule has 2 heterocycles. The molecule has 4 rings (SSSR count). The second-order valence-electron chi connectivity index (χ2n) is 7.31. The maximum absolute atomic E-state index is 5.47. The van der Waals surface area contributed by atoms with Crippen molar-refractivity contribution in [1.29, 1.82) is 0 Å². The van der Waals surface area contributed by atoms with Crippen molar-refractivity contribution in [3.8, 4) is 5.75 Å². The summed E-state index contributed by atoms with van der Waals surface area (Å²) in [7, 11) is 3.99. The Morgan fingerprint density at radius 2 is 1.92 bits per heavy atom. The van der Waals surface area contributed by atoms with E-state index in [-0.39, 0.29) is 17.8 Å². The molecule has 0 saturated carbocycles. The summed E-state index contributed by atoms with van der Waals surface area (Å²) in [5.41, 5.74) is 4.41. The van der Waals surface area contributed by atoms with Gasteiger partial charge in [0.1, 0.15) is 5.75 Å². The number of methoxy groups -OCH3 is 1. The van der Waals surface area contributed by atoms with Gasteiger partial charge in [0.05, 0.1) is 13.3 Å². The van der Waals surface area contributed by atoms with Crippen LogP contribution in [0.2, 0.25) is 0 Å². The Kier molecular flexibility index (Phi) is 4.99. The van der Waals surface area contributed by atoms with Crippen LogP contribution in [0.4, 0.5) is 5.69 Å². The van der Waals surface area contributed by atoms with E-state index in [1.54, 1.807) is 7.11 Å². The van der Waals surface area contributed by atoms with Crippen LogP contribution >= 0.6 is 12.4 Å². The number of anilines is 1. The van der Waals surface area contributed by atoms with Crippen LogP contribution in [0, 0.1) is 0 Å². The van der Waals surface area contributed by atoms with Crippen molar-refractivity contribution in [2.45, 2.75) is 31.3 Å². The number of benzene rings is 2. The monoisotopic (exact) mass is 358 g/mol. The van der Waals surface area contributed by atoms with E-state index in [1.165, 1.54) is 23.2 Å². The van der Waals surface area contributed by atoms with E-state index in [2.05, 4.69) is 72.3 Å². The molecule has 0 aliphatic carbocycles. The highest BCUT2D eigenvalue weighted by Gasteiger charge is 2.53. The molecule has 1 fully saturated rings. The summed E-state index contributed by atoms with van der Waals surface area (Å²) in [5.74, 6) is 0.965. The second kappa shape index (κ2) is 6.89. The second-order valence-corrected chi connectivity index (χ2v) is 7.31. The van der Waals surface area contributed by atoms with Gasteiger partial charge >= 0.3 is 0 Å². The standard InChI is InChI=1S/C21H26N2O.ClH/c1-21-12-14-23(13-11-16-7-5-4-6-8-16)20(21)22(2)19-10-9-17(24-3)15-18(19)21;/h4-10,15,20H,11-14H2,1-3H3;1H. The smallest absolute Gasteiger partial charge is 0.119 e. The zero-order valence-corrected chi connectivity index (χ0v) is 16.1. The Balaban J connectivity index is 0.00000182. The van der Waals surface area contributed by atoms with Crippen molar-refractivity contribution in [3.05, 3.63) is 59.7 Å². The van der Waals surface area contributed by atoms with Crippen molar-refractivity contribution in [3.63, 3.8) is 0 Å². The molecule has 0 spiro atoms. The summed E-state index contributed by atoms with van der Waals surface area (Å²) in [4.78, 5) is 5.12. The molecule has 0 amide bonds. The lowest BCUT2D eigenvalue weighted by atomic mass is 9.81. The summed E-state index contributed by atoms with van der Waals surface area (Å²) in [5, 5.41) is 0. The number of nitrogens with zero attached hydrogens (tertiary/aromatic N) is 2. The number of likely N-dealkylation sites (tertiary alicyclic amines) is 1. The molecular formula is C21H27ClN2O. The van der Waals surface area contributed by atoms with Gasteiger partial charge in [0.25, 0.3) is 0 Å². The molecule has 2 atom stereocenters. The average molecular weight is 359 g/mol. The lowest BCUT2D eigenvalue weighted by molar-refractivity contribution is 0.226. The molecular weight excluding hydrogens is 332 g/mol. The fraction of sp³-hybridized carbons (Fsp3) is 0.429. The summed E-state index contributed by atoms with van der Waals surface area (Å²) in [6.07, 6.45) is 2.76. The van der Waals surface area contributed by atoms with Crippen molar-refractivity contribution in [2.24, 2.45) is 0 Å². The molecule has 3 nitrogen and oxygen atoms in total. The Bertz CT molecular complexity index is 736. The zero-order chi connectivity index (χ0) is 16.7. The number of hydrogen-bond acceptors (Lipinski definition) is 3. The average Bonchev–Trinajstić information content (AvgIpc) is 3.07. The molecule has 2 aliphatic rings. The van der Waals surface area contributed by atoms with Gasteiger partial charge in [0, 0.05) is 31.2 Å². The Labute approximate surface area is 157 Å². The van der Waals surface area contributed by atoms with E-state index >= 15 is 0 Å². The van der Waals surface area contributed by atoms with Gasteiger partial charge in [-0.25, -0.2) is 0 Å². The summed E-state index contributed by atoms with van der Waals surface area (Å²) in [6, 6.07) is 17.3. The number of hydrogen-bond donors (Lipinski definition) is 0. The summed E-state index contributed by atoms with van der Waals surface area (Å²) >= 11 is 0. The fourth-order valence-corrected chi connectivity index (χ4v) is 4.67. The van der Waals surface area contributed by atoms with E-state index in [9.17, 15) is 0 Å². The Morgan fingerprint density at radius 3 is 2.64 bits per heavy atom. The van der Waals surface area contributed by atoms with Crippen LogP contribution in [0.3, 0.4) is 0 Å². The predicted octanol–water partition coefficient (Wildman–Crippen LogP) is 4.10. The highest BCUT2D eigenvalue weighted by atomic mass is 35.5. The maximum Gasteiger partial charge on any atom is 0.119 e. The van der Waals surface area contributed by atoms with Gasteiger partial charge in [-0.1, -0.05) is 37.3 Å². The van der Waals surface area contributed by atoms with E-state index in [0.717, 1.165) is 25.3 Å². The van der Waals surface area contributed by atoms with Crippen molar-refractivity contribution < 1.29 is 4.74 Å². The van der Waals surface area contributed by atoms with Gasteiger partial charge < -0.3 is 9.64 Å². The fourth-order valence-electron chi connectivity index (χ4n) is 4.67. The Hall–Kier alpha value is -1.71. The first-order chi connectivity index (χ1) is 11.6. The number of rotatable bonds is 4. The molecule has 0 aromatic heterocycles. The van der Waals surface area contributed by atoms with Crippen LogP contribution in [0.25, 0.3) is 0 Å². The minimum Gasteiger partial charge on any atom is -0.497 e. The normalized spacial score (nSPS) is 24.6. The molecule has 2 unspecified atom stereocenters. The van der Waals surface area contributed by atoms with E-state index < -0.39 is 0 Å². The SMILES string of the molecule is COc1ccc2c(c1)C1(C)CCN(CCc3ccccc3)C1N2C.Cl. The largest absolute Gasteiger partial charge is 0.497 e. The third-order valence-corrected chi connectivity index (χ3v) is 5.93. The van der Waals surface area contributed by atoms with Crippen molar-refractivity contribution in [2.75, 3.05) is 32.1 Å². The molecule has 2 aromatic carbocycles. The van der Waals surface area contributed by atoms with E-state index in [4.69, 9.17) is 4.74 Å². The summed E-state index contributed by atoms with van der Waals surface area (Å²) in [6.45, 7) is 4.69. The molecule has 2 aromatic rings. The number of ether oxygens (including phenoxy) is 1. The maximum atomic E-state index is 5.47. The number of fused-ring (bicyclic) bond motifs is 3. The number of halogens is 1. The van der Waals surface area contributed by atoms with Gasteiger partial charge in [0.15, 0.2) is 0 Å². The molecule has 0 radical (unpaired) electrons. The van der Waals surface area contributed by atoms with Crippen molar-refractivity contribution >= 4 is 18.1 Å². The Morgan fingerprint density at radius 1 is 1.16 bits per heavy atom. The lowest BCUT2D eigenvalue weighted by Crippen LogP contribution is -2.47.